The molecule has 0 atom stereocenters. The van der Waals surface area contributed by atoms with Crippen LogP contribution in [0.25, 0.3) is 0 Å². The number of amides is 1. The normalized spacial score (nSPS) is 11.3. The standard InChI is InChI=1S/C14H26N4O3/c1-10-11(12(20-6)18(5)17-10)9-15-7-8-16-13(19)21-14(2,3)4/h15H,7-9H2,1-6H3,(H,16,19). The van der Waals surface area contributed by atoms with Crippen LogP contribution in [-0.4, -0.2) is 41.7 Å². The number of nitrogens with zero attached hydrogens (tertiary/aromatic N) is 2. The van der Waals surface area contributed by atoms with E-state index in [-0.39, 0.29) is 0 Å². The maximum Gasteiger partial charge on any atom is 0.407 e. The van der Waals surface area contributed by atoms with Gasteiger partial charge in [-0.3, -0.25) is 0 Å². The van der Waals surface area contributed by atoms with Crippen LogP contribution >= 0.6 is 0 Å². The minimum absolute atomic E-state index is 0.403. The Kier molecular flexibility index (Phi) is 6.02. The quantitative estimate of drug-likeness (QED) is 0.775. The minimum atomic E-state index is -0.475. The molecule has 21 heavy (non-hydrogen) atoms. The molecule has 2 N–H and O–H groups in total. The van der Waals surface area contributed by atoms with Gasteiger partial charge in [-0.2, -0.15) is 5.10 Å². The Morgan fingerprint density at radius 1 is 1.33 bits per heavy atom. The second-order valence-electron chi connectivity index (χ2n) is 5.80. The van der Waals surface area contributed by atoms with Crippen molar-refractivity contribution in [3.05, 3.63) is 11.3 Å². The molecule has 0 fully saturated rings. The van der Waals surface area contributed by atoms with E-state index < -0.39 is 11.7 Å². The van der Waals surface area contributed by atoms with Crippen LogP contribution in [0.5, 0.6) is 5.88 Å². The third-order valence-corrected chi connectivity index (χ3v) is 2.75. The Bertz CT molecular complexity index is 477. The zero-order chi connectivity index (χ0) is 16.0. The lowest BCUT2D eigenvalue weighted by molar-refractivity contribution is 0.0528. The molecule has 0 aliphatic carbocycles. The molecule has 1 aromatic rings. The van der Waals surface area contributed by atoms with Crippen molar-refractivity contribution in [3.8, 4) is 5.88 Å². The zero-order valence-corrected chi connectivity index (χ0v) is 13.7. The minimum Gasteiger partial charge on any atom is -0.481 e. The highest BCUT2D eigenvalue weighted by atomic mass is 16.6. The Labute approximate surface area is 126 Å². The first kappa shape index (κ1) is 17.3. The maximum absolute atomic E-state index is 11.5. The summed E-state index contributed by atoms with van der Waals surface area (Å²) in [5.41, 5.74) is 1.48. The van der Waals surface area contributed by atoms with Gasteiger partial charge in [0.15, 0.2) is 0 Å². The van der Waals surface area contributed by atoms with Crippen LogP contribution in [0, 0.1) is 6.92 Å². The molecule has 1 amide bonds. The lowest BCUT2D eigenvalue weighted by Crippen LogP contribution is -2.36. The summed E-state index contributed by atoms with van der Waals surface area (Å²) >= 11 is 0. The van der Waals surface area contributed by atoms with E-state index in [4.69, 9.17) is 9.47 Å². The lowest BCUT2D eigenvalue weighted by atomic mass is 10.2. The smallest absolute Gasteiger partial charge is 0.407 e. The number of ether oxygens (including phenoxy) is 2. The fourth-order valence-corrected chi connectivity index (χ4v) is 1.92. The summed E-state index contributed by atoms with van der Waals surface area (Å²) in [7, 11) is 3.48. The van der Waals surface area contributed by atoms with Gasteiger partial charge in [0.25, 0.3) is 0 Å². The number of aryl methyl sites for hydroxylation is 2. The van der Waals surface area contributed by atoms with Crippen molar-refractivity contribution in [3.63, 3.8) is 0 Å². The predicted octanol–water partition coefficient (Wildman–Crippen LogP) is 1.35. The maximum atomic E-state index is 11.5. The van der Waals surface area contributed by atoms with Crippen molar-refractivity contribution in [1.29, 1.82) is 0 Å². The monoisotopic (exact) mass is 298 g/mol. The van der Waals surface area contributed by atoms with Gasteiger partial charge in [-0.25, -0.2) is 9.48 Å². The summed E-state index contributed by atoms with van der Waals surface area (Å²) in [6.07, 6.45) is -0.403. The Hall–Kier alpha value is -1.76. The molecule has 1 aromatic heterocycles. The van der Waals surface area contributed by atoms with Crippen LogP contribution < -0.4 is 15.4 Å². The van der Waals surface area contributed by atoms with E-state index in [1.807, 2.05) is 34.7 Å². The highest BCUT2D eigenvalue weighted by Crippen LogP contribution is 2.20. The average Bonchev–Trinajstić information content (AvgIpc) is 2.60. The molecule has 120 valence electrons. The Balaban J connectivity index is 2.31. The van der Waals surface area contributed by atoms with Gasteiger partial charge in [0.2, 0.25) is 5.88 Å². The molecule has 0 saturated carbocycles. The van der Waals surface area contributed by atoms with E-state index in [1.54, 1.807) is 11.8 Å². The third kappa shape index (κ3) is 5.63. The molecule has 0 spiro atoms. The number of aromatic nitrogens is 2. The highest BCUT2D eigenvalue weighted by Gasteiger charge is 2.16. The first-order valence-electron chi connectivity index (χ1n) is 6.98. The Morgan fingerprint density at radius 2 is 2.00 bits per heavy atom. The second-order valence-corrected chi connectivity index (χ2v) is 5.80. The first-order chi connectivity index (χ1) is 9.74. The molecule has 7 nitrogen and oxygen atoms in total. The van der Waals surface area contributed by atoms with Crippen LogP contribution in [0.1, 0.15) is 32.0 Å². The molecule has 0 bridgehead atoms. The number of carbonyl (C=O) groups excluding carboxylic acids is 1. The molecule has 0 aliphatic heterocycles. The van der Waals surface area contributed by atoms with Gasteiger partial charge >= 0.3 is 6.09 Å². The molecule has 0 unspecified atom stereocenters. The molecular weight excluding hydrogens is 272 g/mol. The first-order valence-corrected chi connectivity index (χ1v) is 6.98. The number of hydrogen-bond acceptors (Lipinski definition) is 5. The van der Waals surface area contributed by atoms with Gasteiger partial charge in [0.1, 0.15) is 5.60 Å². The van der Waals surface area contributed by atoms with Crippen LogP contribution in [0.3, 0.4) is 0 Å². The van der Waals surface area contributed by atoms with Gasteiger partial charge in [-0.1, -0.05) is 0 Å². The van der Waals surface area contributed by atoms with Crippen molar-refractivity contribution < 1.29 is 14.3 Å². The van der Waals surface area contributed by atoms with E-state index in [0.29, 0.717) is 19.6 Å². The number of hydrogen-bond donors (Lipinski definition) is 2. The number of nitrogens with one attached hydrogen (secondary N) is 2. The van der Waals surface area contributed by atoms with Crippen molar-refractivity contribution >= 4 is 6.09 Å². The fourth-order valence-electron chi connectivity index (χ4n) is 1.92. The van der Waals surface area contributed by atoms with E-state index in [0.717, 1.165) is 17.1 Å². The topological polar surface area (TPSA) is 77.4 Å². The summed E-state index contributed by atoms with van der Waals surface area (Å²) in [6, 6.07) is 0. The van der Waals surface area contributed by atoms with E-state index >= 15 is 0 Å². The fraction of sp³-hybridized carbons (Fsp3) is 0.714. The van der Waals surface area contributed by atoms with Crippen molar-refractivity contribution in [2.24, 2.45) is 7.05 Å². The summed E-state index contributed by atoms with van der Waals surface area (Å²) in [6.45, 7) is 9.22. The summed E-state index contributed by atoms with van der Waals surface area (Å²) in [5, 5.41) is 10.3. The van der Waals surface area contributed by atoms with Crippen molar-refractivity contribution in [1.82, 2.24) is 20.4 Å². The van der Waals surface area contributed by atoms with Gasteiger partial charge < -0.3 is 20.1 Å². The molecule has 0 radical (unpaired) electrons. The molecule has 0 aliphatic rings. The van der Waals surface area contributed by atoms with Gasteiger partial charge in [-0.05, 0) is 27.7 Å². The lowest BCUT2D eigenvalue weighted by Gasteiger charge is -2.19. The van der Waals surface area contributed by atoms with Crippen LogP contribution in [-0.2, 0) is 18.3 Å². The predicted molar refractivity (Wildman–Crippen MR) is 80.4 cm³/mol. The third-order valence-electron chi connectivity index (χ3n) is 2.75. The molecule has 1 rings (SSSR count). The van der Waals surface area contributed by atoms with E-state index in [9.17, 15) is 4.79 Å². The number of rotatable bonds is 6. The van der Waals surface area contributed by atoms with Gasteiger partial charge in [0, 0.05) is 26.7 Å². The van der Waals surface area contributed by atoms with Crippen LogP contribution in [0.15, 0.2) is 0 Å². The van der Waals surface area contributed by atoms with Gasteiger partial charge in [0.05, 0.1) is 18.4 Å². The van der Waals surface area contributed by atoms with Crippen molar-refractivity contribution in [2.45, 2.75) is 39.8 Å². The largest absolute Gasteiger partial charge is 0.481 e. The number of alkyl carbamates (subject to hydrolysis) is 1. The summed E-state index contributed by atoms with van der Waals surface area (Å²) < 4.78 is 12.2. The van der Waals surface area contributed by atoms with E-state index in [2.05, 4.69) is 15.7 Å². The molecule has 0 aromatic carbocycles. The summed E-state index contributed by atoms with van der Waals surface area (Å²) in [4.78, 5) is 11.5. The summed E-state index contributed by atoms with van der Waals surface area (Å²) in [5.74, 6) is 0.750. The molecule has 1 heterocycles. The number of methoxy groups -OCH3 is 1. The van der Waals surface area contributed by atoms with Gasteiger partial charge in [-0.15, -0.1) is 0 Å². The second kappa shape index (κ2) is 7.31. The molecular formula is C14H26N4O3. The Morgan fingerprint density at radius 3 is 2.57 bits per heavy atom. The SMILES string of the molecule is COc1c(CNCCNC(=O)OC(C)(C)C)c(C)nn1C. The highest BCUT2D eigenvalue weighted by molar-refractivity contribution is 5.67. The molecule has 0 saturated heterocycles. The van der Waals surface area contributed by atoms with Crippen LogP contribution in [0.4, 0.5) is 4.79 Å². The zero-order valence-electron chi connectivity index (χ0n) is 13.7. The van der Waals surface area contributed by atoms with E-state index in [1.165, 1.54) is 0 Å². The number of carbonyl (C=O) groups is 1. The molecule has 7 heteroatoms. The van der Waals surface area contributed by atoms with Crippen molar-refractivity contribution in [2.75, 3.05) is 20.2 Å². The van der Waals surface area contributed by atoms with Crippen LogP contribution in [0.2, 0.25) is 0 Å². The average molecular weight is 298 g/mol.